The first-order valence-electron chi connectivity index (χ1n) is 14.3. The van der Waals surface area contributed by atoms with E-state index in [9.17, 15) is 14.4 Å². The third kappa shape index (κ3) is 4.26. The number of nitrogens with one attached hydrogen (secondary N) is 2. The van der Waals surface area contributed by atoms with E-state index in [0.29, 0.717) is 17.4 Å². The summed E-state index contributed by atoms with van der Waals surface area (Å²) in [5.41, 5.74) is -0.990. The molecule has 6 rings (SSSR count). The summed E-state index contributed by atoms with van der Waals surface area (Å²) in [5, 5.41) is 9.74. The first kappa shape index (κ1) is 26.7. The second-order valence-corrected chi connectivity index (χ2v) is 13.0. The molecule has 1 aromatic carbocycles. The Bertz CT molecular complexity index is 1370. The molecule has 3 fully saturated rings. The molecule has 2 aromatic rings. The zero-order chi connectivity index (χ0) is 28.4. The SMILES string of the molecule is Cc1cc(NC(=O)[C@@H]2[C@@H]3C(=O)N(c4ccc(C5CCCCC5)cc4)[C@H](C(=O)NC(C)(C)C)[C@@]34C=C[C@@]2(C)O4)no1. The molecule has 3 amide bonds. The number of nitrogens with zero attached hydrogens (tertiary/aromatic N) is 2. The third-order valence-corrected chi connectivity index (χ3v) is 8.85. The number of ether oxygens (including phenoxy) is 1. The van der Waals surface area contributed by atoms with Crippen LogP contribution in [0.3, 0.4) is 0 Å². The van der Waals surface area contributed by atoms with E-state index in [1.54, 1.807) is 24.8 Å². The molecular weight excluding hydrogens is 508 g/mol. The number of carbonyl (C=O) groups excluding carboxylic acids is 3. The lowest BCUT2D eigenvalue weighted by Crippen LogP contribution is -2.58. The lowest BCUT2D eigenvalue weighted by molar-refractivity contribution is -0.131. The zero-order valence-electron chi connectivity index (χ0n) is 23.8. The molecule has 2 N–H and O–H groups in total. The number of fused-ring (bicyclic) bond motifs is 1. The van der Waals surface area contributed by atoms with Crippen LogP contribution >= 0.6 is 0 Å². The molecule has 2 saturated heterocycles. The predicted octanol–water partition coefficient (Wildman–Crippen LogP) is 4.63. The fourth-order valence-corrected chi connectivity index (χ4v) is 7.22. The highest BCUT2D eigenvalue weighted by Crippen LogP contribution is 2.60. The summed E-state index contributed by atoms with van der Waals surface area (Å²) in [4.78, 5) is 43.6. The molecule has 1 aliphatic carbocycles. The highest BCUT2D eigenvalue weighted by molar-refractivity contribution is 6.11. The summed E-state index contributed by atoms with van der Waals surface area (Å²) in [6.45, 7) is 9.24. The largest absolute Gasteiger partial charge is 0.360 e. The van der Waals surface area contributed by atoms with Crippen LogP contribution in [0.15, 0.2) is 47.0 Å². The summed E-state index contributed by atoms with van der Waals surface area (Å²) in [6, 6.07) is 8.67. The Morgan fingerprint density at radius 1 is 1.05 bits per heavy atom. The number of carbonyl (C=O) groups is 3. The molecule has 9 heteroatoms. The third-order valence-electron chi connectivity index (χ3n) is 8.85. The average Bonchev–Trinajstić information content (AvgIpc) is 3.60. The van der Waals surface area contributed by atoms with Crippen LogP contribution in [0.25, 0.3) is 0 Å². The Labute approximate surface area is 234 Å². The average molecular weight is 547 g/mol. The van der Waals surface area contributed by atoms with Crippen molar-refractivity contribution in [1.29, 1.82) is 0 Å². The van der Waals surface area contributed by atoms with E-state index in [-0.39, 0.29) is 17.6 Å². The number of hydrogen-bond donors (Lipinski definition) is 2. The Balaban J connectivity index is 1.38. The molecule has 0 radical (unpaired) electrons. The fraction of sp³-hybridized carbons (Fsp3) is 0.548. The van der Waals surface area contributed by atoms with E-state index < -0.39 is 40.5 Å². The maximum Gasteiger partial charge on any atom is 0.246 e. The van der Waals surface area contributed by atoms with Gasteiger partial charge in [-0.25, -0.2) is 0 Å². The number of aromatic nitrogens is 1. The molecule has 1 spiro atoms. The normalized spacial score (nSPS) is 31.5. The molecule has 1 saturated carbocycles. The van der Waals surface area contributed by atoms with Crippen molar-refractivity contribution in [3.8, 4) is 0 Å². The highest BCUT2D eigenvalue weighted by atomic mass is 16.5. The lowest BCUT2D eigenvalue weighted by Gasteiger charge is -2.35. The van der Waals surface area contributed by atoms with Crippen molar-refractivity contribution in [2.75, 3.05) is 10.2 Å². The Kier molecular flexibility index (Phi) is 6.22. The van der Waals surface area contributed by atoms with Gasteiger partial charge in [-0.1, -0.05) is 48.7 Å². The van der Waals surface area contributed by atoms with Crippen LogP contribution in [-0.2, 0) is 19.1 Å². The maximum absolute atomic E-state index is 14.4. The van der Waals surface area contributed by atoms with Gasteiger partial charge in [0.2, 0.25) is 17.7 Å². The topological polar surface area (TPSA) is 114 Å². The first-order valence-corrected chi connectivity index (χ1v) is 14.3. The maximum atomic E-state index is 14.4. The summed E-state index contributed by atoms with van der Waals surface area (Å²) in [5.74, 6) is -1.42. The van der Waals surface area contributed by atoms with Crippen LogP contribution in [0.2, 0.25) is 0 Å². The van der Waals surface area contributed by atoms with Crippen LogP contribution < -0.4 is 15.5 Å². The van der Waals surface area contributed by atoms with E-state index in [4.69, 9.17) is 9.26 Å². The van der Waals surface area contributed by atoms with Gasteiger partial charge in [0.05, 0.1) is 17.4 Å². The molecule has 4 aliphatic rings. The molecule has 0 unspecified atom stereocenters. The van der Waals surface area contributed by atoms with E-state index in [0.717, 1.165) is 0 Å². The second-order valence-electron chi connectivity index (χ2n) is 13.0. The van der Waals surface area contributed by atoms with Gasteiger partial charge in [0.1, 0.15) is 17.4 Å². The van der Waals surface area contributed by atoms with Gasteiger partial charge in [-0.15, -0.1) is 0 Å². The van der Waals surface area contributed by atoms with Crippen molar-refractivity contribution in [2.45, 2.75) is 95.4 Å². The van der Waals surface area contributed by atoms with Crippen LogP contribution in [-0.4, -0.2) is 45.7 Å². The first-order chi connectivity index (χ1) is 18.9. The molecule has 1 aromatic heterocycles. The smallest absolute Gasteiger partial charge is 0.246 e. The number of anilines is 2. The van der Waals surface area contributed by atoms with Crippen molar-refractivity contribution in [3.05, 3.63) is 53.8 Å². The van der Waals surface area contributed by atoms with Crippen molar-refractivity contribution >= 4 is 29.2 Å². The van der Waals surface area contributed by atoms with Crippen LogP contribution in [0.5, 0.6) is 0 Å². The van der Waals surface area contributed by atoms with E-state index >= 15 is 0 Å². The summed E-state index contributed by atoms with van der Waals surface area (Å²) < 4.78 is 11.7. The number of aryl methyl sites for hydroxylation is 1. The van der Waals surface area contributed by atoms with Crippen LogP contribution in [0.1, 0.15) is 77.0 Å². The zero-order valence-corrected chi connectivity index (χ0v) is 23.8. The predicted molar refractivity (Wildman–Crippen MR) is 150 cm³/mol. The van der Waals surface area contributed by atoms with E-state index in [1.165, 1.54) is 37.7 Å². The Hall–Kier alpha value is -3.46. The Morgan fingerprint density at radius 2 is 1.75 bits per heavy atom. The van der Waals surface area contributed by atoms with Gasteiger partial charge in [-0.2, -0.15) is 0 Å². The minimum atomic E-state index is -1.29. The molecule has 3 aliphatic heterocycles. The quantitative estimate of drug-likeness (QED) is 0.529. The molecule has 212 valence electrons. The van der Waals surface area contributed by atoms with Crippen molar-refractivity contribution < 1.29 is 23.6 Å². The van der Waals surface area contributed by atoms with E-state index in [1.807, 2.05) is 45.1 Å². The van der Waals surface area contributed by atoms with Crippen molar-refractivity contribution in [1.82, 2.24) is 10.5 Å². The molecule has 40 heavy (non-hydrogen) atoms. The molecule has 9 nitrogen and oxygen atoms in total. The minimum absolute atomic E-state index is 0.273. The summed E-state index contributed by atoms with van der Waals surface area (Å²) >= 11 is 0. The second kappa shape index (κ2) is 9.29. The van der Waals surface area contributed by atoms with Gasteiger partial charge < -0.3 is 19.9 Å². The number of amides is 3. The minimum Gasteiger partial charge on any atom is -0.360 e. The van der Waals surface area contributed by atoms with Gasteiger partial charge in [0.25, 0.3) is 0 Å². The van der Waals surface area contributed by atoms with Gasteiger partial charge >= 0.3 is 0 Å². The van der Waals surface area contributed by atoms with Gasteiger partial charge in [0.15, 0.2) is 5.82 Å². The number of hydrogen-bond acceptors (Lipinski definition) is 6. The van der Waals surface area contributed by atoms with Gasteiger partial charge in [-0.3, -0.25) is 19.3 Å². The summed E-state index contributed by atoms with van der Waals surface area (Å²) in [7, 11) is 0. The molecular formula is C31H38N4O5. The van der Waals surface area contributed by atoms with Crippen LogP contribution in [0, 0.1) is 18.8 Å². The molecule has 5 atom stereocenters. The standard InChI is InChI=1S/C31H38N4O5/c1-18-17-22(34-39-18)32-26(36)23-24-28(38)35(21-13-11-20(12-14-21)19-9-7-6-8-10-19)25(27(37)33-29(2,3)4)31(24)16-15-30(23,5)40-31/h11-17,19,23-25H,6-10H2,1-5H3,(H,33,37)(H,32,34,36)/t23-,24+,25+,30+,31+/m0/s1. The Morgan fingerprint density at radius 3 is 2.38 bits per heavy atom. The summed E-state index contributed by atoms with van der Waals surface area (Å²) in [6.07, 6.45) is 9.73. The molecule has 4 heterocycles. The van der Waals surface area contributed by atoms with E-state index in [2.05, 4.69) is 27.9 Å². The van der Waals surface area contributed by atoms with Crippen LogP contribution in [0.4, 0.5) is 11.5 Å². The number of rotatable bonds is 5. The lowest BCUT2D eigenvalue weighted by atomic mass is 9.70. The highest BCUT2D eigenvalue weighted by Gasteiger charge is 2.76. The fourth-order valence-electron chi connectivity index (χ4n) is 7.22. The number of benzene rings is 1. The monoisotopic (exact) mass is 546 g/mol. The van der Waals surface area contributed by atoms with Crippen molar-refractivity contribution in [2.24, 2.45) is 11.8 Å². The molecule has 2 bridgehead atoms. The van der Waals surface area contributed by atoms with Gasteiger partial charge in [-0.05, 0) is 71.1 Å². The van der Waals surface area contributed by atoms with Gasteiger partial charge in [0, 0.05) is 17.3 Å². The van der Waals surface area contributed by atoms with Crippen molar-refractivity contribution in [3.63, 3.8) is 0 Å².